The van der Waals surface area contributed by atoms with Crippen LogP contribution < -0.4 is 0 Å². The van der Waals surface area contributed by atoms with E-state index >= 15 is 0 Å². The molecule has 2 rings (SSSR count). The fraction of sp³-hybridized carbons (Fsp3) is 0.222. The average molecular weight is 360 g/mol. The molecule has 0 saturated carbocycles. The van der Waals surface area contributed by atoms with Crippen LogP contribution in [0.2, 0.25) is 0 Å². The Morgan fingerprint density at radius 1 is 0.640 bits per heavy atom. The second-order valence-corrected chi connectivity index (χ2v) is 5.45. The zero-order valence-corrected chi connectivity index (χ0v) is 12.8. The van der Waals surface area contributed by atoms with E-state index in [0.29, 0.717) is 0 Å². The molecular formula is C18H14F6O. The van der Waals surface area contributed by atoms with Gasteiger partial charge in [-0.25, -0.2) is 0 Å². The summed E-state index contributed by atoms with van der Waals surface area (Å²) < 4.78 is 78.1. The van der Waals surface area contributed by atoms with Crippen molar-refractivity contribution < 1.29 is 31.4 Å². The summed E-state index contributed by atoms with van der Waals surface area (Å²) in [6, 6.07) is 11.8. The van der Waals surface area contributed by atoms with Gasteiger partial charge in [0.1, 0.15) is 5.75 Å². The standard InChI is InChI=1S/C18H14F6O/c19-17(20,21)10-15(12-4-2-1-3-5-12)16(11-18(22,23)24)13-6-8-14(25)9-7-13/h1-9,25H,10-11H2/b16-15+. The van der Waals surface area contributed by atoms with Gasteiger partial charge in [0.15, 0.2) is 0 Å². The van der Waals surface area contributed by atoms with E-state index in [1.807, 2.05) is 0 Å². The van der Waals surface area contributed by atoms with E-state index in [9.17, 15) is 31.4 Å². The smallest absolute Gasteiger partial charge is 0.393 e. The van der Waals surface area contributed by atoms with Crippen molar-refractivity contribution in [2.24, 2.45) is 0 Å². The van der Waals surface area contributed by atoms with Crippen LogP contribution in [0.1, 0.15) is 24.0 Å². The number of aromatic hydroxyl groups is 1. The summed E-state index contributed by atoms with van der Waals surface area (Å²) in [6.45, 7) is 0. The van der Waals surface area contributed by atoms with E-state index in [2.05, 4.69) is 0 Å². The molecule has 2 aromatic carbocycles. The molecule has 134 valence electrons. The third kappa shape index (κ3) is 5.85. The molecule has 0 spiro atoms. The number of benzene rings is 2. The van der Waals surface area contributed by atoms with Crippen molar-refractivity contribution in [3.05, 3.63) is 65.7 Å². The van der Waals surface area contributed by atoms with Crippen LogP contribution in [-0.4, -0.2) is 17.5 Å². The number of phenolic OH excluding ortho intramolecular Hbond substituents is 1. The maximum absolute atomic E-state index is 13.0. The summed E-state index contributed by atoms with van der Waals surface area (Å²) in [5.74, 6) is -0.188. The maximum atomic E-state index is 13.0. The molecule has 0 unspecified atom stereocenters. The molecule has 0 atom stereocenters. The highest BCUT2D eigenvalue weighted by Gasteiger charge is 2.35. The van der Waals surface area contributed by atoms with Crippen molar-refractivity contribution in [1.82, 2.24) is 0 Å². The fourth-order valence-corrected chi connectivity index (χ4v) is 2.47. The number of halogens is 6. The largest absolute Gasteiger partial charge is 0.508 e. The number of allylic oxidation sites excluding steroid dienone is 2. The zero-order valence-electron chi connectivity index (χ0n) is 12.8. The number of phenols is 1. The molecule has 0 aromatic heterocycles. The average Bonchev–Trinajstić information content (AvgIpc) is 2.51. The van der Waals surface area contributed by atoms with Crippen molar-refractivity contribution in [2.45, 2.75) is 25.2 Å². The van der Waals surface area contributed by atoms with Crippen LogP contribution in [0.25, 0.3) is 11.1 Å². The minimum atomic E-state index is -4.68. The van der Waals surface area contributed by atoms with Crippen molar-refractivity contribution in [2.75, 3.05) is 0 Å². The van der Waals surface area contributed by atoms with E-state index in [0.717, 1.165) is 12.1 Å². The Bertz CT molecular complexity index is 727. The number of hydrogen-bond acceptors (Lipinski definition) is 1. The predicted octanol–water partition coefficient (Wildman–Crippen LogP) is 6.21. The first-order chi connectivity index (χ1) is 11.6. The second-order valence-electron chi connectivity index (χ2n) is 5.45. The molecule has 0 heterocycles. The van der Waals surface area contributed by atoms with Gasteiger partial charge in [-0.3, -0.25) is 0 Å². The van der Waals surface area contributed by atoms with E-state index in [-0.39, 0.29) is 16.9 Å². The van der Waals surface area contributed by atoms with E-state index in [1.54, 1.807) is 6.07 Å². The van der Waals surface area contributed by atoms with Gasteiger partial charge in [-0.2, -0.15) is 26.3 Å². The molecule has 0 amide bonds. The molecule has 2 aromatic rings. The number of alkyl halides is 6. The molecule has 0 aliphatic heterocycles. The second kappa shape index (κ2) is 7.21. The first kappa shape index (κ1) is 18.9. The van der Waals surface area contributed by atoms with Gasteiger partial charge in [-0.15, -0.1) is 0 Å². The molecule has 0 saturated heterocycles. The summed E-state index contributed by atoms with van der Waals surface area (Å²) >= 11 is 0. The molecule has 1 nitrogen and oxygen atoms in total. The van der Waals surface area contributed by atoms with Crippen molar-refractivity contribution in [3.63, 3.8) is 0 Å². The van der Waals surface area contributed by atoms with E-state index in [4.69, 9.17) is 0 Å². The molecule has 0 bridgehead atoms. The minimum Gasteiger partial charge on any atom is -0.508 e. The van der Waals surface area contributed by atoms with Crippen LogP contribution in [0, 0.1) is 0 Å². The van der Waals surface area contributed by atoms with Crippen molar-refractivity contribution >= 4 is 11.1 Å². The maximum Gasteiger partial charge on any atom is 0.393 e. The summed E-state index contributed by atoms with van der Waals surface area (Å²) in [5, 5.41) is 9.29. The molecule has 1 N–H and O–H groups in total. The topological polar surface area (TPSA) is 20.2 Å². The normalized spacial score (nSPS) is 13.5. The monoisotopic (exact) mass is 360 g/mol. The van der Waals surface area contributed by atoms with Crippen LogP contribution in [0.5, 0.6) is 5.75 Å². The summed E-state index contributed by atoms with van der Waals surface area (Å²) in [6.07, 6.45) is -12.3. The van der Waals surface area contributed by atoms with Crippen LogP contribution in [-0.2, 0) is 0 Å². The lowest BCUT2D eigenvalue weighted by Gasteiger charge is -2.19. The molecule has 0 aliphatic carbocycles. The lowest BCUT2D eigenvalue weighted by atomic mass is 9.90. The lowest BCUT2D eigenvalue weighted by molar-refractivity contribution is -0.126. The zero-order chi connectivity index (χ0) is 18.7. The highest BCUT2D eigenvalue weighted by atomic mass is 19.4. The van der Waals surface area contributed by atoms with Gasteiger partial charge in [0.25, 0.3) is 0 Å². The first-order valence-electron chi connectivity index (χ1n) is 7.25. The molecular weight excluding hydrogens is 346 g/mol. The first-order valence-corrected chi connectivity index (χ1v) is 7.25. The van der Waals surface area contributed by atoms with Crippen LogP contribution in [0.4, 0.5) is 26.3 Å². The Labute approximate surface area is 140 Å². The Kier molecular flexibility index (Phi) is 5.45. The third-order valence-corrected chi connectivity index (χ3v) is 3.46. The summed E-state index contributed by atoms with van der Waals surface area (Å²) in [5.41, 5.74) is -0.836. The van der Waals surface area contributed by atoms with Gasteiger partial charge in [-0.1, -0.05) is 42.5 Å². The SMILES string of the molecule is Oc1ccc(/C(CC(F)(F)F)=C(\CC(F)(F)F)c2ccccc2)cc1. The van der Waals surface area contributed by atoms with Gasteiger partial charge in [0.2, 0.25) is 0 Å². The van der Waals surface area contributed by atoms with Gasteiger partial charge < -0.3 is 5.11 Å². The molecule has 0 fully saturated rings. The minimum absolute atomic E-state index is 0.0155. The van der Waals surface area contributed by atoms with Crippen LogP contribution >= 0.6 is 0 Å². The highest BCUT2D eigenvalue weighted by molar-refractivity contribution is 5.91. The number of rotatable bonds is 4. The van der Waals surface area contributed by atoms with Gasteiger partial charge in [0.05, 0.1) is 12.8 Å². The van der Waals surface area contributed by atoms with Crippen molar-refractivity contribution in [3.8, 4) is 5.75 Å². The Morgan fingerprint density at radius 3 is 1.44 bits per heavy atom. The van der Waals surface area contributed by atoms with E-state index in [1.165, 1.54) is 36.4 Å². The highest BCUT2D eigenvalue weighted by Crippen LogP contribution is 2.41. The molecule has 7 heteroatoms. The van der Waals surface area contributed by atoms with Crippen LogP contribution in [0.3, 0.4) is 0 Å². The van der Waals surface area contributed by atoms with Gasteiger partial charge >= 0.3 is 12.4 Å². The van der Waals surface area contributed by atoms with Gasteiger partial charge in [0, 0.05) is 0 Å². The fourth-order valence-electron chi connectivity index (χ4n) is 2.47. The number of hydrogen-bond donors (Lipinski definition) is 1. The van der Waals surface area contributed by atoms with Crippen LogP contribution in [0.15, 0.2) is 54.6 Å². The third-order valence-electron chi connectivity index (χ3n) is 3.46. The lowest BCUT2D eigenvalue weighted by Crippen LogP contribution is -2.13. The summed E-state index contributed by atoms with van der Waals surface area (Å²) in [7, 11) is 0. The quantitative estimate of drug-likeness (QED) is 0.508. The predicted molar refractivity (Wildman–Crippen MR) is 82.7 cm³/mol. The van der Waals surface area contributed by atoms with Crippen molar-refractivity contribution in [1.29, 1.82) is 0 Å². The Morgan fingerprint density at radius 2 is 1.04 bits per heavy atom. The molecule has 0 radical (unpaired) electrons. The summed E-state index contributed by atoms with van der Waals surface area (Å²) in [4.78, 5) is 0. The Hall–Kier alpha value is -2.44. The molecule has 0 aliphatic rings. The Balaban J connectivity index is 2.69. The molecule has 25 heavy (non-hydrogen) atoms. The van der Waals surface area contributed by atoms with E-state index < -0.39 is 36.3 Å². The van der Waals surface area contributed by atoms with Gasteiger partial charge in [-0.05, 0) is 34.4 Å².